The SMILES string of the molecule is CC(CC1CCCC1)C(=O)NC(CCO)C1CC1. The summed E-state index contributed by atoms with van der Waals surface area (Å²) in [5.74, 6) is 1.73. The molecular formula is C15H27NO2. The van der Waals surface area contributed by atoms with Crippen molar-refractivity contribution < 1.29 is 9.90 Å². The summed E-state index contributed by atoms with van der Waals surface area (Å²) >= 11 is 0. The molecule has 3 heteroatoms. The van der Waals surface area contributed by atoms with E-state index in [0.717, 1.165) is 12.3 Å². The van der Waals surface area contributed by atoms with Gasteiger partial charge in [0.15, 0.2) is 0 Å². The summed E-state index contributed by atoms with van der Waals surface area (Å²) in [6, 6.07) is 0.216. The number of hydrogen-bond acceptors (Lipinski definition) is 2. The molecule has 2 rings (SSSR count). The second kappa shape index (κ2) is 6.55. The Morgan fingerprint density at radius 2 is 1.94 bits per heavy atom. The maximum atomic E-state index is 12.2. The summed E-state index contributed by atoms with van der Waals surface area (Å²) in [6.45, 7) is 2.23. The molecule has 2 saturated carbocycles. The Labute approximate surface area is 110 Å². The first-order valence-corrected chi connectivity index (χ1v) is 7.62. The van der Waals surface area contributed by atoms with E-state index < -0.39 is 0 Å². The number of amides is 1. The highest BCUT2D eigenvalue weighted by Gasteiger charge is 2.33. The van der Waals surface area contributed by atoms with E-state index in [0.29, 0.717) is 12.3 Å². The maximum Gasteiger partial charge on any atom is 0.223 e. The number of rotatable bonds is 7. The van der Waals surface area contributed by atoms with Crippen LogP contribution < -0.4 is 5.32 Å². The van der Waals surface area contributed by atoms with E-state index in [1.165, 1.54) is 38.5 Å². The van der Waals surface area contributed by atoms with E-state index in [2.05, 4.69) is 12.2 Å². The topological polar surface area (TPSA) is 49.3 Å². The largest absolute Gasteiger partial charge is 0.396 e. The smallest absolute Gasteiger partial charge is 0.223 e. The highest BCUT2D eigenvalue weighted by molar-refractivity contribution is 5.78. The molecule has 0 aliphatic heterocycles. The molecule has 0 bridgehead atoms. The van der Waals surface area contributed by atoms with Crippen LogP contribution in [0.4, 0.5) is 0 Å². The van der Waals surface area contributed by atoms with Gasteiger partial charge in [-0.25, -0.2) is 0 Å². The van der Waals surface area contributed by atoms with E-state index in [-0.39, 0.29) is 24.5 Å². The molecule has 0 aromatic carbocycles. The van der Waals surface area contributed by atoms with Gasteiger partial charge in [-0.05, 0) is 37.5 Å². The molecule has 0 heterocycles. The minimum absolute atomic E-state index is 0.132. The summed E-state index contributed by atoms with van der Waals surface area (Å²) in [5.41, 5.74) is 0. The molecule has 2 N–H and O–H groups in total. The molecular weight excluding hydrogens is 226 g/mol. The Bertz CT molecular complexity index is 270. The lowest BCUT2D eigenvalue weighted by molar-refractivity contribution is -0.126. The van der Waals surface area contributed by atoms with Crippen LogP contribution >= 0.6 is 0 Å². The fourth-order valence-corrected chi connectivity index (χ4v) is 3.24. The van der Waals surface area contributed by atoms with Crippen molar-refractivity contribution in [2.75, 3.05) is 6.61 Å². The van der Waals surface area contributed by atoms with Gasteiger partial charge in [0.1, 0.15) is 0 Å². The number of carbonyl (C=O) groups excluding carboxylic acids is 1. The van der Waals surface area contributed by atoms with Gasteiger partial charge in [-0.1, -0.05) is 32.6 Å². The van der Waals surface area contributed by atoms with Gasteiger partial charge in [0.2, 0.25) is 5.91 Å². The normalized spacial score (nSPS) is 23.9. The molecule has 2 atom stereocenters. The first kappa shape index (κ1) is 13.9. The quantitative estimate of drug-likeness (QED) is 0.732. The van der Waals surface area contributed by atoms with Crippen LogP contribution in [0, 0.1) is 17.8 Å². The zero-order valence-electron chi connectivity index (χ0n) is 11.5. The molecule has 3 nitrogen and oxygen atoms in total. The number of aliphatic hydroxyl groups is 1. The van der Waals surface area contributed by atoms with Gasteiger partial charge >= 0.3 is 0 Å². The predicted molar refractivity (Wildman–Crippen MR) is 72.1 cm³/mol. The predicted octanol–water partition coefficient (Wildman–Crippen LogP) is 2.48. The van der Waals surface area contributed by atoms with Crippen molar-refractivity contribution in [3.63, 3.8) is 0 Å². The molecule has 0 aromatic rings. The zero-order valence-corrected chi connectivity index (χ0v) is 11.5. The van der Waals surface area contributed by atoms with E-state index in [9.17, 15) is 4.79 Å². The zero-order chi connectivity index (χ0) is 13.0. The Balaban J connectivity index is 1.74. The van der Waals surface area contributed by atoms with Crippen molar-refractivity contribution >= 4 is 5.91 Å². The van der Waals surface area contributed by atoms with Crippen LogP contribution in [0.15, 0.2) is 0 Å². The molecule has 104 valence electrons. The van der Waals surface area contributed by atoms with Crippen LogP contribution in [0.5, 0.6) is 0 Å². The number of aliphatic hydroxyl groups excluding tert-OH is 1. The fraction of sp³-hybridized carbons (Fsp3) is 0.933. The van der Waals surface area contributed by atoms with E-state index in [1.807, 2.05) is 0 Å². The van der Waals surface area contributed by atoms with Crippen molar-refractivity contribution in [2.24, 2.45) is 17.8 Å². The van der Waals surface area contributed by atoms with Crippen LogP contribution in [0.25, 0.3) is 0 Å². The molecule has 2 unspecified atom stereocenters. The van der Waals surface area contributed by atoms with E-state index in [1.54, 1.807) is 0 Å². The summed E-state index contributed by atoms with van der Waals surface area (Å²) in [5, 5.41) is 12.2. The van der Waals surface area contributed by atoms with Crippen molar-refractivity contribution in [3.05, 3.63) is 0 Å². The van der Waals surface area contributed by atoms with Gasteiger partial charge in [0.25, 0.3) is 0 Å². The average Bonchev–Trinajstić information content (AvgIpc) is 3.07. The van der Waals surface area contributed by atoms with Crippen molar-refractivity contribution in [1.82, 2.24) is 5.32 Å². The molecule has 2 aliphatic rings. The van der Waals surface area contributed by atoms with E-state index in [4.69, 9.17) is 5.11 Å². The molecule has 2 aliphatic carbocycles. The third kappa shape index (κ3) is 3.98. The summed E-state index contributed by atoms with van der Waals surface area (Å²) in [7, 11) is 0. The summed E-state index contributed by atoms with van der Waals surface area (Å²) in [4.78, 5) is 12.2. The molecule has 1 amide bonds. The van der Waals surface area contributed by atoms with Crippen LogP contribution in [0.1, 0.15) is 58.3 Å². The number of hydrogen-bond donors (Lipinski definition) is 2. The lowest BCUT2D eigenvalue weighted by Gasteiger charge is -2.21. The van der Waals surface area contributed by atoms with E-state index >= 15 is 0 Å². The minimum Gasteiger partial charge on any atom is -0.396 e. The molecule has 0 spiro atoms. The molecule has 2 fully saturated rings. The molecule has 0 saturated heterocycles. The third-order valence-electron chi connectivity index (χ3n) is 4.57. The monoisotopic (exact) mass is 253 g/mol. The van der Waals surface area contributed by atoms with Gasteiger partial charge in [-0.15, -0.1) is 0 Å². The Morgan fingerprint density at radius 1 is 1.28 bits per heavy atom. The molecule has 0 aromatic heterocycles. The lowest BCUT2D eigenvalue weighted by atomic mass is 9.93. The van der Waals surface area contributed by atoms with Crippen molar-refractivity contribution in [3.8, 4) is 0 Å². The van der Waals surface area contributed by atoms with Gasteiger partial charge in [0.05, 0.1) is 0 Å². The molecule has 18 heavy (non-hydrogen) atoms. The maximum absolute atomic E-state index is 12.2. The van der Waals surface area contributed by atoms with Gasteiger partial charge in [-0.2, -0.15) is 0 Å². The highest BCUT2D eigenvalue weighted by Crippen LogP contribution is 2.34. The molecule has 0 radical (unpaired) electrons. The van der Waals surface area contributed by atoms with Crippen LogP contribution in [-0.2, 0) is 4.79 Å². The highest BCUT2D eigenvalue weighted by atomic mass is 16.3. The van der Waals surface area contributed by atoms with Crippen LogP contribution in [0.3, 0.4) is 0 Å². The standard InChI is InChI=1S/C15H27NO2/c1-11(10-12-4-2-3-5-12)15(18)16-14(8-9-17)13-6-7-13/h11-14,17H,2-10H2,1H3,(H,16,18). The van der Waals surface area contributed by atoms with Crippen LogP contribution in [0.2, 0.25) is 0 Å². The second-order valence-corrected chi connectivity index (χ2v) is 6.25. The van der Waals surface area contributed by atoms with Gasteiger partial charge in [-0.3, -0.25) is 4.79 Å². The first-order chi connectivity index (χ1) is 8.70. The summed E-state index contributed by atoms with van der Waals surface area (Å²) < 4.78 is 0. The van der Waals surface area contributed by atoms with Crippen molar-refractivity contribution in [1.29, 1.82) is 0 Å². The summed E-state index contributed by atoms with van der Waals surface area (Å²) in [6.07, 6.45) is 9.47. The second-order valence-electron chi connectivity index (χ2n) is 6.25. The fourth-order valence-electron chi connectivity index (χ4n) is 3.24. The van der Waals surface area contributed by atoms with Gasteiger partial charge in [0, 0.05) is 18.6 Å². The first-order valence-electron chi connectivity index (χ1n) is 7.62. The lowest BCUT2D eigenvalue weighted by Crippen LogP contribution is -2.40. The van der Waals surface area contributed by atoms with Crippen molar-refractivity contribution in [2.45, 2.75) is 64.3 Å². The number of nitrogens with one attached hydrogen (secondary N) is 1. The average molecular weight is 253 g/mol. The number of carbonyl (C=O) groups is 1. The Morgan fingerprint density at radius 3 is 2.50 bits per heavy atom. The minimum atomic E-state index is 0.132. The Kier molecular flexibility index (Phi) is 5.04. The van der Waals surface area contributed by atoms with Crippen LogP contribution in [-0.4, -0.2) is 23.7 Å². The third-order valence-corrected chi connectivity index (χ3v) is 4.57. The Hall–Kier alpha value is -0.570. The van der Waals surface area contributed by atoms with Gasteiger partial charge < -0.3 is 10.4 Å².